The summed E-state index contributed by atoms with van der Waals surface area (Å²) >= 11 is 6.00. The van der Waals surface area contributed by atoms with E-state index in [0.717, 1.165) is 18.1 Å². The number of halogens is 3. The van der Waals surface area contributed by atoms with E-state index in [1.54, 1.807) is 0 Å². The Morgan fingerprint density at radius 3 is 2.47 bits per heavy atom. The molecule has 0 atom stereocenters. The molecule has 1 aromatic carbocycles. The van der Waals surface area contributed by atoms with Crippen molar-refractivity contribution in [3.63, 3.8) is 0 Å². The minimum absolute atomic E-state index is 0.282. The summed E-state index contributed by atoms with van der Waals surface area (Å²) in [7, 11) is 0. The lowest BCUT2D eigenvalue weighted by Crippen LogP contribution is -2.02. The molecule has 100 valence electrons. The normalized spacial score (nSPS) is 10.5. The number of hydrogen-bond donors (Lipinski definition) is 1. The van der Waals surface area contributed by atoms with Gasteiger partial charge in [-0.15, -0.1) is 0 Å². The predicted molar refractivity (Wildman–Crippen MR) is 70.7 cm³/mol. The molecule has 0 saturated carbocycles. The zero-order chi connectivity index (χ0) is 13.8. The Kier molecular flexibility index (Phi) is 4.27. The molecule has 0 fully saturated rings. The maximum Gasteiger partial charge on any atom is 0.138 e. The summed E-state index contributed by atoms with van der Waals surface area (Å²) in [5.74, 6) is -0.841. The number of nitrogens with zero attached hydrogens (tertiary/aromatic N) is 2. The van der Waals surface area contributed by atoms with Gasteiger partial charge in [-0.05, 0) is 18.6 Å². The number of benzene rings is 1. The Labute approximate surface area is 114 Å². The quantitative estimate of drug-likeness (QED) is 0.858. The summed E-state index contributed by atoms with van der Waals surface area (Å²) in [5, 5.41) is 3.21. The van der Waals surface area contributed by atoms with Gasteiger partial charge in [0.1, 0.15) is 28.9 Å². The van der Waals surface area contributed by atoms with Crippen LogP contribution in [0.2, 0.25) is 5.15 Å². The van der Waals surface area contributed by atoms with Gasteiger partial charge in [-0.2, -0.15) is 0 Å². The second-order valence-electron chi connectivity index (χ2n) is 4.02. The Hall–Kier alpha value is -1.75. The van der Waals surface area contributed by atoms with Crippen molar-refractivity contribution in [3.8, 4) is 0 Å². The van der Waals surface area contributed by atoms with Gasteiger partial charge in [0, 0.05) is 17.3 Å². The first-order valence-electron chi connectivity index (χ1n) is 5.82. The third-order valence-corrected chi connectivity index (χ3v) is 2.84. The zero-order valence-corrected chi connectivity index (χ0v) is 11.0. The molecule has 0 aliphatic rings. The van der Waals surface area contributed by atoms with Crippen LogP contribution in [0.15, 0.2) is 24.5 Å². The number of anilines is 2. The van der Waals surface area contributed by atoms with Crippen molar-refractivity contribution < 1.29 is 8.78 Å². The van der Waals surface area contributed by atoms with Gasteiger partial charge < -0.3 is 5.32 Å². The van der Waals surface area contributed by atoms with E-state index in [1.165, 1.54) is 18.5 Å². The van der Waals surface area contributed by atoms with E-state index in [0.29, 0.717) is 17.4 Å². The molecule has 0 spiro atoms. The monoisotopic (exact) mass is 283 g/mol. The maximum atomic E-state index is 13.1. The largest absolute Gasteiger partial charge is 0.340 e. The summed E-state index contributed by atoms with van der Waals surface area (Å²) < 4.78 is 26.2. The van der Waals surface area contributed by atoms with Crippen molar-refractivity contribution in [1.82, 2.24) is 9.97 Å². The second kappa shape index (κ2) is 5.93. The number of hydrogen-bond acceptors (Lipinski definition) is 3. The Balaban J connectivity index is 2.34. The smallest absolute Gasteiger partial charge is 0.138 e. The first-order chi connectivity index (χ1) is 9.10. The highest BCUT2D eigenvalue weighted by atomic mass is 35.5. The van der Waals surface area contributed by atoms with Gasteiger partial charge in [0.05, 0.1) is 0 Å². The van der Waals surface area contributed by atoms with Crippen LogP contribution in [-0.2, 0) is 6.42 Å². The first-order valence-corrected chi connectivity index (χ1v) is 6.20. The maximum absolute atomic E-state index is 13.1. The average Bonchev–Trinajstić information content (AvgIpc) is 2.32. The number of rotatable bonds is 4. The highest BCUT2D eigenvalue weighted by Gasteiger charge is 2.10. The lowest BCUT2D eigenvalue weighted by Gasteiger charge is -2.11. The van der Waals surface area contributed by atoms with Crippen molar-refractivity contribution >= 4 is 23.1 Å². The van der Waals surface area contributed by atoms with Crippen LogP contribution in [-0.4, -0.2) is 9.97 Å². The average molecular weight is 284 g/mol. The second-order valence-corrected chi connectivity index (χ2v) is 4.38. The highest BCUT2D eigenvalue weighted by Crippen LogP contribution is 2.25. The Bertz CT molecular complexity index is 570. The van der Waals surface area contributed by atoms with Gasteiger partial charge in [-0.25, -0.2) is 18.7 Å². The number of aromatic nitrogens is 2. The summed E-state index contributed by atoms with van der Waals surface area (Å²) in [6, 6.07) is 3.19. The van der Waals surface area contributed by atoms with E-state index in [-0.39, 0.29) is 5.69 Å². The molecule has 3 nitrogen and oxygen atoms in total. The van der Waals surface area contributed by atoms with Crippen LogP contribution >= 0.6 is 11.6 Å². The molecular weight excluding hydrogens is 272 g/mol. The van der Waals surface area contributed by atoms with Crippen molar-refractivity contribution in [1.29, 1.82) is 0 Å². The molecule has 6 heteroatoms. The molecule has 19 heavy (non-hydrogen) atoms. The molecule has 2 rings (SSSR count). The van der Waals surface area contributed by atoms with Gasteiger partial charge in [0.15, 0.2) is 0 Å². The molecule has 1 aromatic heterocycles. The molecule has 0 radical (unpaired) electrons. The lowest BCUT2D eigenvalue weighted by molar-refractivity contribution is 0.584. The standard InChI is InChI=1S/C13H12ClF2N3/c1-2-3-11-12(14)17-7-18-13(11)19-10-5-8(15)4-9(16)6-10/h4-7H,2-3H2,1H3,(H,17,18,19). The van der Waals surface area contributed by atoms with E-state index in [4.69, 9.17) is 11.6 Å². The molecule has 0 saturated heterocycles. The summed E-state index contributed by atoms with van der Waals surface area (Å²) in [6.07, 6.45) is 2.85. The van der Waals surface area contributed by atoms with Crippen molar-refractivity contribution in [3.05, 3.63) is 46.9 Å². The van der Waals surface area contributed by atoms with Gasteiger partial charge >= 0.3 is 0 Å². The lowest BCUT2D eigenvalue weighted by atomic mass is 10.2. The van der Waals surface area contributed by atoms with Gasteiger partial charge in [0.25, 0.3) is 0 Å². The molecular formula is C13H12ClF2N3. The molecule has 0 amide bonds. The summed E-state index contributed by atoms with van der Waals surface area (Å²) in [6.45, 7) is 2.00. The van der Waals surface area contributed by atoms with Crippen LogP contribution in [0, 0.1) is 11.6 Å². The first kappa shape index (κ1) is 13.7. The van der Waals surface area contributed by atoms with Crippen LogP contribution in [0.3, 0.4) is 0 Å². The fourth-order valence-corrected chi connectivity index (χ4v) is 1.96. The fraction of sp³-hybridized carbons (Fsp3) is 0.231. The van der Waals surface area contributed by atoms with Crippen molar-refractivity contribution in [2.24, 2.45) is 0 Å². The third kappa shape index (κ3) is 3.38. The van der Waals surface area contributed by atoms with E-state index < -0.39 is 11.6 Å². The van der Waals surface area contributed by atoms with Gasteiger partial charge in [-0.1, -0.05) is 24.9 Å². The topological polar surface area (TPSA) is 37.8 Å². The fourth-order valence-electron chi connectivity index (χ4n) is 1.73. The Morgan fingerprint density at radius 2 is 1.84 bits per heavy atom. The van der Waals surface area contributed by atoms with Crippen LogP contribution < -0.4 is 5.32 Å². The SMILES string of the molecule is CCCc1c(Cl)ncnc1Nc1cc(F)cc(F)c1. The minimum Gasteiger partial charge on any atom is -0.340 e. The Morgan fingerprint density at radius 1 is 1.16 bits per heavy atom. The van der Waals surface area contributed by atoms with Crippen LogP contribution in [0.25, 0.3) is 0 Å². The molecule has 0 unspecified atom stereocenters. The van der Waals surface area contributed by atoms with Crippen molar-refractivity contribution in [2.45, 2.75) is 19.8 Å². The molecule has 1 N–H and O–H groups in total. The molecule has 0 bridgehead atoms. The molecule has 0 aliphatic carbocycles. The molecule has 2 aromatic rings. The van der Waals surface area contributed by atoms with E-state index in [9.17, 15) is 8.78 Å². The van der Waals surface area contributed by atoms with Gasteiger partial charge in [-0.3, -0.25) is 0 Å². The number of nitrogens with one attached hydrogen (secondary N) is 1. The van der Waals surface area contributed by atoms with E-state index in [2.05, 4.69) is 15.3 Å². The highest BCUT2D eigenvalue weighted by molar-refractivity contribution is 6.30. The van der Waals surface area contributed by atoms with E-state index >= 15 is 0 Å². The molecule has 0 aliphatic heterocycles. The van der Waals surface area contributed by atoms with Crippen molar-refractivity contribution in [2.75, 3.05) is 5.32 Å². The third-order valence-electron chi connectivity index (χ3n) is 2.52. The van der Waals surface area contributed by atoms with Crippen LogP contribution in [0.1, 0.15) is 18.9 Å². The minimum atomic E-state index is -0.653. The van der Waals surface area contributed by atoms with Gasteiger partial charge in [0.2, 0.25) is 0 Å². The predicted octanol–water partition coefficient (Wildman–Crippen LogP) is 4.10. The summed E-state index contributed by atoms with van der Waals surface area (Å²) in [5.41, 5.74) is 1.01. The van der Waals surface area contributed by atoms with Crippen LogP contribution in [0.4, 0.5) is 20.3 Å². The molecule has 1 heterocycles. The van der Waals surface area contributed by atoms with Crippen LogP contribution in [0.5, 0.6) is 0 Å². The zero-order valence-electron chi connectivity index (χ0n) is 10.3. The summed E-state index contributed by atoms with van der Waals surface area (Å²) in [4.78, 5) is 7.96. The van der Waals surface area contributed by atoms with E-state index in [1.807, 2.05) is 6.92 Å².